The molecule has 0 saturated carbocycles. The van der Waals surface area contributed by atoms with Crippen LogP contribution in [0.1, 0.15) is 23.5 Å². The van der Waals surface area contributed by atoms with E-state index in [1.165, 1.54) is 11.3 Å². The van der Waals surface area contributed by atoms with Crippen LogP contribution in [0.3, 0.4) is 0 Å². The van der Waals surface area contributed by atoms with Gasteiger partial charge in [-0.3, -0.25) is 9.88 Å². The summed E-state index contributed by atoms with van der Waals surface area (Å²) < 4.78 is 43.5. The smallest absolute Gasteiger partial charge is 0.385 e. The van der Waals surface area contributed by atoms with Gasteiger partial charge in [0.15, 0.2) is 0 Å². The van der Waals surface area contributed by atoms with Crippen molar-refractivity contribution in [3.63, 3.8) is 0 Å². The predicted octanol–water partition coefficient (Wildman–Crippen LogP) is 2.85. The summed E-state index contributed by atoms with van der Waals surface area (Å²) in [5.41, 5.74) is 1.57. The highest BCUT2D eigenvalue weighted by atomic mass is 35.5. The number of anilines is 1. The van der Waals surface area contributed by atoms with Gasteiger partial charge in [-0.1, -0.05) is 0 Å². The molecule has 0 bridgehead atoms. The molecule has 1 saturated heterocycles. The number of hydrogen-bond acceptors (Lipinski definition) is 7. The third-order valence-electron chi connectivity index (χ3n) is 5.69. The van der Waals surface area contributed by atoms with Crippen molar-refractivity contribution in [2.45, 2.75) is 31.5 Å². The summed E-state index contributed by atoms with van der Waals surface area (Å²) in [5.74, 6) is 0. The number of nitrogens with zero attached hydrogens (tertiary/aromatic N) is 4. The Balaban J connectivity index is 0.00000193. The molecular formula is C21H28Cl2F3N5OS. The molecule has 2 aromatic heterocycles. The van der Waals surface area contributed by atoms with E-state index >= 15 is 0 Å². The van der Waals surface area contributed by atoms with Gasteiger partial charge < -0.3 is 15.0 Å². The SMILES string of the molecule is COCCC1CN(C2=c3ncccc3=CNc3sc(CCC(F)(F)F)nc32)CCN1C.Cl.Cl. The summed E-state index contributed by atoms with van der Waals surface area (Å²) in [7, 11) is 3.81. The first-order chi connectivity index (χ1) is 14.9. The molecule has 0 amide bonds. The standard InChI is InChI=1S/C21H26F3N5OS.2ClH/c1-28-9-10-29(13-15(28)6-11-30-2)19-17-14(4-3-8-25-17)12-26-20-18(19)27-16(31-20)5-7-21(22,23)24;;/h3-4,8,12,15,26H,5-7,9-11,13H2,1-2H3;2*1H. The number of piperazine rings is 1. The number of hydrogen-bond donors (Lipinski definition) is 1. The molecular weight excluding hydrogens is 498 g/mol. The molecule has 1 atom stereocenters. The number of pyridine rings is 1. The third-order valence-corrected chi connectivity index (χ3v) is 6.73. The van der Waals surface area contributed by atoms with Gasteiger partial charge in [-0.15, -0.1) is 36.2 Å². The van der Waals surface area contributed by atoms with Crippen molar-refractivity contribution < 1.29 is 17.9 Å². The number of ether oxygens (including phenoxy) is 1. The van der Waals surface area contributed by atoms with Crippen molar-refractivity contribution in [3.05, 3.63) is 39.6 Å². The molecule has 0 aliphatic carbocycles. The number of fused-ring (bicyclic) bond motifs is 2. The van der Waals surface area contributed by atoms with Crippen LogP contribution < -0.4 is 15.9 Å². The lowest BCUT2D eigenvalue weighted by molar-refractivity contribution is -0.134. The van der Waals surface area contributed by atoms with E-state index in [0.29, 0.717) is 23.4 Å². The molecule has 0 aromatic carbocycles. The molecule has 1 unspecified atom stereocenters. The lowest BCUT2D eigenvalue weighted by atomic mass is 10.1. The van der Waals surface area contributed by atoms with Crippen molar-refractivity contribution in [1.29, 1.82) is 0 Å². The van der Waals surface area contributed by atoms with Gasteiger partial charge in [-0.05, 0) is 25.6 Å². The molecule has 1 fully saturated rings. The maximum atomic E-state index is 12.8. The first-order valence-electron chi connectivity index (χ1n) is 10.3. The Kier molecular flexibility index (Phi) is 9.81. The Morgan fingerprint density at radius 1 is 1.27 bits per heavy atom. The second-order valence-corrected chi connectivity index (χ2v) is 8.92. The van der Waals surface area contributed by atoms with Gasteiger partial charge in [0.25, 0.3) is 0 Å². The van der Waals surface area contributed by atoms with Gasteiger partial charge in [-0.2, -0.15) is 13.2 Å². The van der Waals surface area contributed by atoms with Crippen LogP contribution in [0.4, 0.5) is 18.2 Å². The molecule has 12 heteroatoms. The summed E-state index contributed by atoms with van der Waals surface area (Å²) in [6, 6.07) is 4.16. The number of aryl methyl sites for hydroxylation is 1. The van der Waals surface area contributed by atoms with Crippen molar-refractivity contribution in [2.75, 3.05) is 45.7 Å². The Bertz CT molecular complexity index is 1050. The van der Waals surface area contributed by atoms with Crippen LogP contribution in [-0.2, 0) is 11.2 Å². The zero-order valence-corrected chi connectivity index (χ0v) is 20.8. The fourth-order valence-corrected chi connectivity index (χ4v) is 4.91. The highest BCUT2D eigenvalue weighted by Crippen LogP contribution is 2.34. The topological polar surface area (TPSA) is 53.5 Å². The number of alkyl halides is 3. The van der Waals surface area contributed by atoms with Gasteiger partial charge in [0.1, 0.15) is 10.7 Å². The number of nitrogens with one attached hydrogen (secondary N) is 1. The third kappa shape index (κ3) is 6.51. The van der Waals surface area contributed by atoms with E-state index in [-0.39, 0.29) is 31.2 Å². The molecule has 4 heterocycles. The van der Waals surface area contributed by atoms with Gasteiger partial charge >= 0.3 is 6.18 Å². The molecule has 2 aliphatic rings. The summed E-state index contributed by atoms with van der Waals surface area (Å²) in [6.07, 6.45) is -0.691. The summed E-state index contributed by atoms with van der Waals surface area (Å²) in [5, 5.41) is 6.23. The first-order valence-corrected chi connectivity index (χ1v) is 11.1. The fraction of sp³-hybridized carbons (Fsp3) is 0.524. The van der Waals surface area contributed by atoms with Crippen LogP contribution in [-0.4, -0.2) is 72.4 Å². The number of methoxy groups -OCH3 is 1. The molecule has 33 heavy (non-hydrogen) atoms. The summed E-state index contributed by atoms with van der Waals surface area (Å²) >= 11 is 1.28. The monoisotopic (exact) mass is 525 g/mol. The molecule has 0 radical (unpaired) electrons. The number of halogens is 5. The maximum Gasteiger partial charge on any atom is 0.389 e. The van der Waals surface area contributed by atoms with Gasteiger partial charge in [0.2, 0.25) is 0 Å². The minimum Gasteiger partial charge on any atom is -0.385 e. The van der Waals surface area contributed by atoms with Crippen molar-refractivity contribution in [1.82, 2.24) is 19.8 Å². The van der Waals surface area contributed by atoms with E-state index in [1.54, 1.807) is 13.3 Å². The van der Waals surface area contributed by atoms with Crippen molar-refractivity contribution in [2.24, 2.45) is 0 Å². The number of likely N-dealkylation sites (N-methyl/N-ethyl adjacent to an activating group) is 1. The van der Waals surface area contributed by atoms with Crippen LogP contribution in [0.2, 0.25) is 0 Å². The highest BCUT2D eigenvalue weighted by Gasteiger charge is 2.31. The van der Waals surface area contributed by atoms with Gasteiger partial charge in [0.05, 0.1) is 16.1 Å². The maximum absolute atomic E-state index is 12.8. The highest BCUT2D eigenvalue weighted by molar-refractivity contribution is 7.16. The minimum absolute atomic E-state index is 0. The van der Waals surface area contributed by atoms with Crippen LogP contribution in [0.5, 0.6) is 0 Å². The second kappa shape index (κ2) is 11.7. The number of thiazole rings is 1. The molecule has 2 aromatic rings. The van der Waals surface area contributed by atoms with Crippen molar-refractivity contribution >= 4 is 53.0 Å². The number of rotatable bonds is 6. The lowest BCUT2D eigenvalue weighted by Crippen LogP contribution is -2.52. The normalized spacial score (nSPS) is 18.2. The average molecular weight is 526 g/mol. The number of aromatic nitrogens is 2. The van der Waals surface area contributed by atoms with Gasteiger partial charge in [0, 0.05) is 69.8 Å². The zero-order valence-electron chi connectivity index (χ0n) is 18.4. The second-order valence-electron chi connectivity index (χ2n) is 7.84. The van der Waals surface area contributed by atoms with E-state index in [9.17, 15) is 13.2 Å². The molecule has 2 aliphatic heterocycles. The molecule has 6 nitrogen and oxygen atoms in total. The van der Waals surface area contributed by atoms with Crippen LogP contribution in [0.15, 0.2) is 18.3 Å². The zero-order chi connectivity index (χ0) is 22.0. The Labute approximate surface area is 207 Å². The predicted molar refractivity (Wildman–Crippen MR) is 130 cm³/mol. The van der Waals surface area contributed by atoms with Crippen LogP contribution in [0, 0.1) is 0 Å². The minimum atomic E-state index is -4.20. The fourth-order valence-electron chi connectivity index (χ4n) is 3.98. The quantitative estimate of drug-likeness (QED) is 0.625. The molecule has 4 rings (SSSR count). The van der Waals surface area contributed by atoms with E-state index < -0.39 is 12.6 Å². The van der Waals surface area contributed by atoms with E-state index in [1.807, 2.05) is 18.3 Å². The largest absolute Gasteiger partial charge is 0.389 e. The van der Waals surface area contributed by atoms with E-state index in [4.69, 9.17) is 4.74 Å². The summed E-state index contributed by atoms with van der Waals surface area (Å²) in [6.45, 7) is 3.11. The van der Waals surface area contributed by atoms with Crippen LogP contribution >= 0.6 is 36.2 Å². The van der Waals surface area contributed by atoms with Gasteiger partial charge in [-0.25, -0.2) is 4.98 Å². The first kappa shape index (κ1) is 27.7. The van der Waals surface area contributed by atoms with E-state index in [2.05, 4.69) is 32.1 Å². The lowest BCUT2D eigenvalue weighted by Gasteiger charge is -2.41. The average Bonchev–Trinajstić information content (AvgIpc) is 3.07. The Morgan fingerprint density at radius 2 is 2.06 bits per heavy atom. The molecule has 184 valence electrons. The van der Waals surface area contributed by atoms with Crippen molar-refractivity contribution in [3.8, 4) is 0 Å². The molecule has 0 spiro atoms. The Hall–Kier alpha value is -1.59. The summed E-state index contributed by atoms with van der Waals surface area (Å²) in [4.78, 5) is 13.9. The van der Waals surface area contributed by atoms with E-state index in [0.717, 1.165) is 47.3 Å². The Morgan fingerprint density at radius 3 is 2.79 bits per heavy atom. The van der Waals surface area contributed by atoms with Crippen LogP contribution in [0.25, 0.3) is 11.9 Å². The molecule has 1 N–H and O–H groups in total.